The number of aliphatic imine (C=N–C) groups is 2. The first-order valence-electron chi connectivity index (χ1n) is 6.27. The van der Waals surface area contributed by atoms with E-state index in [1.807, 2.05) is 42.5 Å². The lowest BCUT2D eigenvalue weighted by Gasteiger charge is -2.08. The standard InChI is InChI=1S/C15H13N3OS/c1-10(19)16-12-6-3-2-5-11(12)9-20-15-17-13-7-4-8-14(13)18-15/h2-8H,9H2,1H3,(H,16,19). The second kappa shape index (κ2) is 5.46. The van der Waals surface area contributed by atoms with Gasteiger partial charge in [-0.15, -0.1) is 0 Å². The van der Waals surface area contributed by atoms with Crippen LogP contribution in [0.2, 0.25) is 0 Å². The van der Waals surface area contributed by atoms with Crippen LogP contribution >= 0.6 is 11.8 Å². The summed E-state index contributed by atoms with van der Waals surface area (Å²) in [6.45, 7) is 1.51. The number of rotatable bonds is 3. The number of thioether (sulfide) groups is 1. The largest absolute Gasteiger partial charge is 0.326 e. The molecule has 0 spiro atoms. The summed E-state index contributed by atoms with van der Waals surface area (Å²) in [5.41, 5.74) is 3.78. The fourth-order valence-corrected chi connectivity index (χ4v) is 2.85. The van der Waals surface area contributed by atoms with E-state index in [4.69, 9.17) is 0 Å². The van der Waals surface area contributed by atoms with Crippen LogP contribution in [0.5, 0.6) is 0 Å². The summed E-state index contributed by atoms with van der Waals surface area (Å²) in [6.07, 6.45) is 5.86. The van der Waals surface area contributed by atoms with Crippen molar-refractivity contribution in [2.24, 2.45) is 9.98 Å². The Bertz CT molecular complexity index is 686. The first-order valence-corrected chi connectivity index (χ1v) is 7.25. The van der Waals surface area contributed by atoms with Gasteiger partial charge in [0.1, 0.15) is 0 Å². The number of fused-ring (bicyclic) bond motifs is 1. The maximum Gasteiger partial charge on any atom is 0.221 e. The molecule has 5 heteroatoms. The van der Waals surface area contributed by atoms with Crippen LogP contribution in [0.1, 0.15) is 12.5 Å². The maximum absolute atomic E-state index is 11.2. The molecular weight excluding hydrogens is 270 g/mol. The number of anilines is 1. The summed E-state index contributed by atoms with van der Waals surface area (Å²) >= 11 is 1.57. The van der Waals surface area contributed by atoms with Crippen molar-refractivity contribution in [2.75, 3.05) is 5.32 Å². The molecule has 0 aromatic heterocycles. The van der Waals surface area contributed by atoms with Crippen LogP contribution in [0.4, 0.5) is 5.69 Å². The Labute approximate surface area is 121 Å². The Kier molecular flexibility index (Phi) is 3.52. The summed E-state index contributed by atoms with van der Waals surface area (Å²) in [7, 11) is 0. The molecule has 1 aliphatic carbocycles. The van der Waals surface area contributed by atoms with E-state index in [1.165, 1.54) is 6.92 Å². The molecule has 20 heavy (non-hydrogen) atoms. The minimum atomic E-state index is -0.0641. The third-order valence-corrected chi connectivity index (χ3v) is 3.78. The molecule has 1 aliphatic heterocycles. The summed E-state index contributed by atoms with van der Waals surface area (Å²) in [5.74, 6) is 0.661. The van der Waals surface area contributed by atoms with E-state index in [9.17, 15) is 4.79 Å². The van der Waals surface area contributed by atoms with Crippen molar-refractivity contribution in [3.63, 3.8) is 0 Å². The van der Waals surface area contributed by atoms with Gasteiger partial charge in [0.05, 0.1) is 11.4 Å². The molecule has 0 radical (unpaired) electrons. The number of carbonyl (C=O) groups excluding carboxylic acids is 1. The molecule has 2 aliphatic rings. The van der Waals surface area contributed by atoms with Crippen LogP contribution in [0.15, 0.2) is 58.2 Å². The predicted octanol–water partition coefficient (Wildman–Crippen LogP) is 3.14. The van der Waals surface area contributed by atoms with Gasteiger partial charge in [-0.05, 0) is 23.8 Å². The highest BCUT2D eigenvalue weighted by Crippen LogP contribution is 2.26. The van der Waals surface area contributed by atoms with E-state index >= 15 is 0 Å². The summed E-state index contributed by atoms with van der Waals surface area (Å²) < 4.78 is 0. The first kappa shape index (κ1) is 12.9. The normalized spacial score (nSPS) is 15.6. The van der Waals surface area contributed by atoms with E-state index in [0.29, 0.717) is 0 Å². The summed E-state index contributed by atoms with van der Waals surface area (Å²) in [4.78, 5) is 20.1. The van der Waals surface area contributed by atoms with Crippen molar-refractivity contribution < 1.29 is 4.79 Å². The van der Waals surface area contributed by atoms with Crippen LogP contribution in [0.25, 0.3) is 0 Å². The molecule has 1 amide bonds. The van der Waals surface area contributed by atoms with Crippen molar-refractivity contribution >= 4 is 34.2 Å². The molecule has 3 rings (SSSR count). The average Bonchev–Trinajstić information content (AvgIpc) is 2.97. The lowest BCUT2D eigenvalue weighted by Crippen LogP contribution is -2.07. The monoisotopic (exact) mass is 283 g/mol. The molecule has 0 unspecified atom stereocenters. The number of nitrogens with one attached hydrogen (secondary N) is 1. The number of benzene rings is 1. The molecule has 0 atom stereocenters. The van der Waals surface area contributed by atoms with E-state index in [2.05, 4.69) is 15.3 Å². The van der Waals surface area contributed by atoms with Gasteiger partial charge in [-0.25, -0.2) is 9.98 Å². The van der Waals surface area contributed by atoms with Crippen molar-refractivity contribution in [3.8, 4) is 0 Å². The molecule has 1 aromatic carbocycles. The van der Waals surface area contributed by atoms with E-state index in [1.54, 1.807) is 11.8 Å². The molecule has 1 N–H and O–H groups in total. The number of hydrogen-bond donors (Lipinski definition) is 1. The predicted molar refractivity (Wildman–Crippen MR) is 84.1 cm³/mol. The van der Waals surface area contributed by atoms with Crippen LogP contribution in [0, 0.1) is 0 Å². The van der Waals surface area contributed by atoms with Crippen molar-refractivity contribution in [3.05, 3.63) is 53.8 Å². The molecule has 100 valence electrons. The van der Waals surface area contributed by atoms with E-state index < -0.39 is 0 Å². The SMILES string of the molecule is CC(=O)Nc1ccccc1CSC1=NC2=CC=CC2=N1. The quantitative estimate of drug-likeness (QED) is 0.926. The smallest absolute Gasteiger partial charge is 0.221 e. The zero-order valence-electron chi connectivity index (χ0n) is 11.0. The highest BCUT2D eigenvalue weighted by Gasteiger charge is 2.17. The van der Waals surface area contributed by atoms with Gasteiger partial charge in [0.2, 0.25) is 5.91 Å². The number of para-hydroxylation sites is 1. The Morgan fingerprint density at radius 2 is 2.15 bits per heavy atom. The van der Waals surface area contributed by atoms with Crippen LogP contribution in [-0.4, -0.2) is 16.8 Å². The molecule has 4 nitrogen and oxygen atoms in total. The van der Waals surface area contributed by atoms with Crippen molar-refractivity contribution in [1.29, 1.82) is 0 Å². The van der Waals surface area contributed by atoms with Gasteiger partial charge in [0.25, 0.3) is 0 Å². The molecule has 1 heterocycles. The zero-order chi connectivity index (χ0) is 13.9. The zero-order valence-corrected chi connectivity index (χ0v) is 11.8. The number of hydrogen-bond acceptors (Lipinski definition) is 4. The molecule has 0 saturated heterocycles. The second-order valence-electron chi connectivity index (χ2n) is 4.43. The van der Waals surface area contributed by atoms with Gasteiger partial charge >= 0.3 is 0 Å². The topological polar surface area (TPSA) is 53.8 Å². The van der Waals surface area contributed by atoms with Crippen LogP contribution in [-0.2, 0) is 10.5 Å². The summed E-state index contributed by atoms with van der Waals surface area (Å²) in [5, 5.41) is 3.61. The van der Waals surface area contributed by atoms with E-state index in [-0.39, 0.29) is 5.91 Å². The lowest BCUT2D eigenvalue weighted by atomic mass is 10.2. The number of amidine groups is 1. The van der Waals surface area contributed by atoms with Gasteiger partial charge < -0.3 is 5.32 Å². The summed E-state index contributed by atoms with van der Waals surface area (Å²) in [6, 6.07) is 7.77. The Hall–Kier alpha value is -2.14. The van der Waals surface area contributed by atoms with Gasteiger partial charge in [0, 0.05) is 18.4 Å². The van der Waals surface area contributed by atoms with Gasteiger partial charge in [-0.2, -0.15) is 0 Å². The minimum Gasteiger partial charge on any atom is -0.326 e. The Morgan fingerprint density at radius 3 is 2.95 bits per heavy atom. The maximum atomic E-state index is 11.2. The minimum absolute atomic E-state index is 0.0641. The van der Waals surface area contributed by atoms with Crippen LogP contribution < -0.4 is 5.32 Å². The van der Waals surface area contributed by atoms with Gasteiger partial charge in [-0.1, -0.05) is 36.0 Å². The fourth-order valence-electron chi connectivity index (χ4n) is 1.99. The molecule has 0 saturated carbocycles. The number of amides is 1. The lowest BCUT2D eigenvalue weighted by molar-refractivity contribution is -0.114. The third kappa shape index (κ3) is 2.72. The number of carbonyl (C=O) groups is 1. The molecule has 1 aromatic rings. The van der Waals surface area contributed by atoms with Crippen molar-refractivity contribution in [2.45, 2.75) is 12.7 Å². The number of nitrogens with zero attached hydrogens (tertiary/aromatic N) is 2. The molecule has 0 fully saturated rings. The van der Waals surface area contributed by atoms with Gasteiger partial charge in [0.15, 0.2) is 5.17 Å². The average molecular weight is 283 g/mol. The van der Waals surface area contributed by atoms with Crippen molar-refractivity contribution in [1.82, 2.24) is 0 Å². The Morgan fingerprint density at radius 1 is 1.30 bits per heavy atom. The molecule has 0 bridgehead atoms. The fraction of sp³-hybridized carbons (Fsp3) is 0.133. The van der Waals surface area contributed by atoms with Gasteiger partial charge in [-0.3, -0.25) is 4.79 Å². The third-order valence-electron chi connectivity index (χ3n) is 2.89. The highest BCUT2D eigenvalue weighted by molar-refractivity contribution is 8.13. The number of allylic oxidation sites excluding steroid dienone is 3. The highest BCUT2D eigenvalue weighted by atomic mass is 32.2. The molecular formula is C15H13N3OS. The van der Waals surface area contributed by atoms with Crippen LogP contribution in [0.3, 0.4) is 0 Å². The second-order valence-corrected chi connectivity index (χ2v) is 5.37. The van der Waals surface area contributed by atoms with E-state index in [0.717, 1.165) is 33.6 Å². The first-order chi connectivity index (χ1) is 9.72. The Balaban J connectivity index is 1.69.